The van der Waals surface area contributed by atoms with Gasteiger partial charge >= 0.3 is 0 Å². The van der Waals surface area contributed by atoms with Gasteiger partial charge in [0.25, 0.3) is 5.91 Å². The Kier molecular flexibility index (Phi) is 2.21. The number of hydrogen-bond donors (Lipinski definition) is 0. The van der Waals surface area contributed by atoms with Crippen LogP contribution in [0.3, 0.4) is 0 Å². The van der Waals surface area contributed by atoms with Gasteiger partial charge in [-0.05, 0) is 12.1 Å². The Bertz CT molecular complexity index is 244. The van der Waals surface area contributed by atoms with E-state index in [0.29, 0.717) is 5.56 Å². The van der Waals surface area contributed by atoms with Crippen molar-refractivity contribution in [1.82, 2.24) is 9.88 Å². The van der Waals surface area contributed by atoms with Crippen LogP contribution < -0.4 is 0 Å². The van der Waals surface area contributed by atoms with Crippen LogP contribution in [0.4, 0.5) is 0 Å². The van der Waals surface area contributed by atoms with E-state index in [4.69, 9.17) is 0 Å². The highest BCUT2D eigenvalue weighted by molar-refractivity contribution is 5.93. The zero-order chi connectivity index (χ0) is 8.27. The predicted molar refractivity (Wildman–Crippen MR) is 41.1 cm³/mol. The predicted octanol–water partition coefficient (Wildman–Crippen LogP) is 0.584. The third kappa shape index (κ3) is 1.77. The SMILES string of the molecule is CN(C)C(=O)c1[c]nccc1. The number of pyridine rings is 1. The molecule has 57 valence electrons. The maximum Gasteiger partial charge on any atom is 0.255 e. The van der Waals surface area contributed by atoms with Crippen LogP contribution in [0.25, 0.3) is 0 Å². The lowest BCUT2D eigenvalue weighted by Crippen LogP contribution is -2.21. The molecule has 0 saturated heterocycles. The van der Waals surface area contributed by atoms with Gasteiger partial charge in [-0.3, -0.25) is 9.78 Å². The summed E-state index contributed by atoms with van der Waals surface area (Å²) in [4.78, 5) is 16.4. The molecule has 0 bridgehead atoms. The van der Waals surface area contributed by atoms with Crippen LogP contribution in [0, 0.1) is 6.20 Å². The fraction of sp³-hybridized carbons (Fsp3) is 0.250. The van der Waals surface area contributed by atoms with E-state index >= 15 is 0 Å². The lowest BCUT2D eigenvalue weighted by Gasteiger charge is -2.08. The molecule has 1 aromatic heterocycles. The van der Waals surface area contributed by atoms with E-state index < -0.39 is 0 Å². The van der Waals surface area contributed by atoms with E-state index in [9.17, 15) is 4.79 Å². The van der Waals surface area contributed by atoms with Crippen molar-refractivity contribution in [1.29, 1.82) is 0 Å². The van der Waals surface area contributed by atoms with E-state index in [1.165, 1.54) is 4.90 Å². The van der Waals surface area contributed by atoms with Gasteiger partial charge in [-0.1, -0.05) is 0 Å². The number of amides is 1. The van der Waals surface area contributed by atoms with Crippen LogP contribution in [0.15, 0.2) is 18.3 Å². The number of nitrogens with zero attached hydrogens (tertiary/aromatic N) is 2. The van der Waals surface area contributed by atoms with E-state index in [-0.39, 0.29) is 5.91 Å². The highest BCUT2D eigenvalue weighted by atomic mass is 16.2. The van der Waals surface area contributed by atoms with Gasteiger partial charge in [0, 0.05) is 20.3 Å². The van der Waals surface area contributed by atoms with Gasteiger partial charge in [-0.15, -0.1) is 0 Å². The van der Waals surface area contributed by atoms with Crippen molar-refractivity contribution in [2.24, 2.45) is 0 Å². The molecule has 1 aromatic rings. The third-order valence-corrected chi connectivity index (χ3v) is 1.25. The molecule has 0 aromatic carbocycles. The fourth-order valence-electron chi connectivity index (χ4n) is 0.686. The summed E-state index contributed by atoms with van der Waals surface area (Å²) < 4.78 is 0. The van der Waals surface area contributed by atoms with Gasteiger partial charge in [-0.25, -0.2) is 0 Å². The highest BCUT2D eigenvalue weighted by Gasteiger charge is 2.06. The molecule has 3 nitrogen and oxygen atoms in total. The Morgan fingerprint density at radius 1 is 1.64 bits per heavy atom. The molecule has 1 amide bonds. The molecule has 1 radical (unpaired) electrons. The molecule has 0 spiro atoms. The van der Waals surface area contributed by atoms with E-state index in [1.54, 1.807) is 32.4 Å². The summed E-state index contributed by atoms with van der Waals surface area (Å²) >= 11 is 0. The largest absolute Gasteiger partial charge is 0.345 e. The van der Waals surface area contributed by atoms with Crippen molar-refractivity contribution >= 4 is 5.91 Å². The Balaban J connectivity index is 2.86. The number of rotatable bonds is 1. The topological polar surface area (TPSA) is 33.2 Å². The highest BCUT2D eigenvalue weighted by Crippen LogP contribution is 1.97. The maximum absolute atomic E-state index is 11.2. The second kappa shape index (κ2) is 3.14. The average Bonchev–Trinajstić information content (AvgIpc) is 2.05. The molecule has 0 unspecified atom stereocenters. The minimum Gasteiger partial charge on any atom is -0.345 e. The average molecular weight is 149 g/mol. The molecule has 11 heavy (non-hydrogen) atoms. The number of hydrogen-bond acceptors (Lipinski definition) is 2. The first kappa shape index (κ1) is 7.72. The van der Waals surface area contributed by atoms with E-state index in [0.717, 1.165) is 0 Å². The van der Waals surface area contributed by atoms with Gasteiger partial charge in [0.05, 0.1) is 5.56 Å². The first-order chi connectivity index (χ1) is 5.22. The normalized spacial score (nSPS) is 9.27. The van der Waals surface area contributed by atoms with Crippen molar-refractivity contribution in [2.45, 2.75) is 0 Å². The Morgan fingerprint density at radius 3 is 2.82 bits per heavy atom. The standard InChI is InChI=1S/C8H9N2O/c1-10(2)8(11)7-4-3-5-9-6-7/h3-5H,1-2H3. The van der Waals surface area contributed by atoms with Crippen molar-refractivity contribution < 1.29 is 4.79 Å². The second-order valence-corrected chi connectivity index (χ2v) is 2.36. The summed E-state index contributed by atoms with van der Waals surface area (Å²) in [5.41, 5.74) is 0.498. The van der Waals surface area contributed by atoms with Gasteiger partial charge < -0.3 is 4.90 Å². The molecule has 3 heteroatoms. The quantitative estimate of drug-likeness (QED) is 0.585. The zero-order valence-corrected chi connectivity index (χ0v) is 6.53. The Labute approximate surface area is 65.7 Å². The summed E-state index contributed by atoms with van der Waals surface area (Å²) in [5, 5.41) is 0. The van der Waals surface area contributed by atoms with E-state index in [1.807, 2.05) is 0 Å². The van der Waals surface area contributed by atoms with Crippen LogP contribution in [-0.4, -0.2) is 29.9 Å². The maximum atomic E-state index is 11.2. The molecule has 0 aliphatic rings. The van der Waals surface area contributed by atoms with Gasteiger partial charge in [0.15, 0.2) is 0 Å². The van der Waals surface area contributed by atoms with Crippen molar-refractivity contribution in [2.75, 3.05) is 14.1 Å². The van der Waals surface area contributed by atoms with Gasteiger partial charge in [-0.2, -0.15) is 0 Å². The van der Waals surface area contributed by atoms with Crippen LogP contribution in [0.2, 0.25) is 0 Å². The van der Waals surface area contributed by atoms with Crippen LogP contribution >= 0.6 is 0 Å². The zero-order valence-electron chi connectivity index (χ0n) is 6.53. The minimum atomic E-state index is -0.0712. The van der Waals surface area contributed by atoms with Crippen molar-refractivity contribution in [3.63, 3.8) is 0 Å². The molecule has 0 aliphatic carbocycles. The molecular formula is C8H9N2O. The Morgan fingerprint density at radius 2 is 2.36 bits per heavy atom. The summed E-state index contributed by atoms with van der Waals surface area (Å²) in [7, 11) is 3.40. The van der Waals surface area contributed by atoms with E-state index in [2.05, 4.69) is 11.2 Å². The van der Waals surface area contributed by atoms with Crippen LogP contribution in [0.5, 0.6) is 0 Å². The second-order valence-electron chi connectivity index (χ2n) is 2.36. The molecule has 1 heterocycles. The summed E-state index contributed by atoms with van der Waals surface area (Å²) in [6, 6.07) is 3.41. The number of carbonyl (C=O) groups excluding carboxylic acids is 1. The monoisotopic (exact) mass is 149 g/mol. The van der Waals surface area contributed by atoms with Crippen LogP contribution in [-0.2, 0) is 0 Å². The lowest BCUT2D eigenvalue weighted by atomic mass is 10.2. The Hall–Kier alpha value is -1.38. The molecule has 0 atom stereocenters. The van der Waals surface area contributed by atoms with Crippen molar-refractivity contribution in [3.8, 4) is 0 Å². The van der Waals surface area contributed by atoms with Crippen LogP contribution in [0.1, 0.15) is 10.4 Å². The van der Waals surface area contributed by atoms with Gasteiger partial charge in [0.2, 0.25) is 0 Å². The minimum absolute atomic E-state index is 0.0712. The molecular weight excluding hydrogens is 140 g/mol. The fourth-order valence-corrected chi connectivity index (χ4v) is 0.686. The van der Waals surface area contributed by atoms with Gasteiger partial charge in [0.1, 0.15) is 6.20 Å². The number of aromatic nitrogens is 1. The lowest BCUT2D eigenvalue weighted by molar-refractivity contribution is 0.0827. The molecule has 0 saturated carbocycles. The first-order valence-electron chi connectivity index (χ1n) is 3.26. The third-order valence-electron chi connectivity index (χ3n) is 1.25. The summed E-state index contributed by atoms with van der Waals surface area (Å²) in [5.74, 6) is -0.0712. The molecule has 0 N–H and O–H groups in total. The summed E-state index contributed by atoms with van der Waals surface area (Å²) in [6.45, 7) is 0. The summed E-state index contributed by atoms with van der Waals surface area (Å²) in [6.07, 6.45) is 4.20. The van der Waals surface area contributed by atoms with Crippen molar-refractivity contribution in [3.05, 3.63) is 30.1 Å². The molecule has 1 rings (SSSR count). The number of carbonyl (C=O) groups is 1. The molecule has 0 aliphatic heterocycles. The first-order valence-corrected chi connectivity index (χ1v) is 3.26. The smallest absolute Gasteiger partial charge is 0.255 e. The molecule has 0 fully saturated rings.